The van der Waals surface area contributed by atoms with E-state index < -0.39 is 0 Å². The quantitative estimate of drug-likeness (QED) is 0.313. The Labute approximate surface area is 184 Å². The molecule has 7 heteroatoms. The third-order valence-corrected chi connectivity index (χ3v) is 4.22. The molecule has 3 N–H and O–H groups in total. The molecule has 0 fully saturated rings. The van der Waals surface area contributed by atoms with Gasteiger partial charge in [0.1, 0.15) is 5.75 Å². The van der Waals surface area contributed by atoms with E-state index in [9.17, 15) is 4.79 Å². The Morgan fingerprint density at radius 1 is 1.14 bits per heavy atom. The highest BCUT2D eigenvalue weighted by Crippen LogP contribution is 2.19. The first-order valence-corrected chi connectivity index (χ1v) is 8.96. The highest BCUT2D eigenvalue weighted by Gasteiger charge is 2.06. The zero-order valence-corrected chi connectivity index (χ0v) is 19.2. The Morgan fingerprint density at radius 3 is 2.61 bits per heavy atom. The van der Waals surface area contributed by atoms with Crippen LogP contribution in [0.5, 0.6) is 5.75 Å². The van der Waals surface area contributed by atoms with Crippen LogP contribution in [-0.4, -0.2) is 39.6 Å². The zero-order chi connectivity index (χ0) is 19.6. The summed E-state index contributed by atoms with van der Waals surface area (Å²) in [6, 6.07) is 13.7. The fraction of sp³-hybridized carbons (Fsp3) is 0.333. The zero-order valence-electron chi connectivity index (χ0n) is 16.8. The molecule has 6 nitrogen and oxygen atoms in total. The number of benzene rings is 2. The van der Waals surface area contributed by atoms with Crippen LogP contribution < -0.4 is 20.7 Å². The second-order valence-corrected chi connectivity index (χ2v) is 6.20. The lowest BCUT2D eigenvalue weighted by Gasteiger charge is -2.14. The monoisotopic (exact) mass is 496 g/mol. The first kappa shape index (κ1) is 23.7. The van der Waals surface area contributed by atoms with E-state index in [0.717, 1.165) is 24.3 Å². The molecule has 0 aliphatic carbocycles. The number of nitrogens with one attached hydrogen (secondary N) is 3. The number of methoxy groups -OCH3 is 1. The molecule has 2 aromatic rings. The first-order chi connectivity index (χ1) is 13.1. The minimum atomic E-state index is -0.0912. The lowest BCUT2D eigenvalue weighted by molar-refractivity contribution is 0.0963. The molecule has 0 aromatic heterocycles. The molecule has 0 atom stereocenters. The van der Waals surface area contributed by atoms with Crippen molar-refractivity contribution in [1.29, 1.82) is 0 Å². The van der Waals surface area contributed by atoms with Crippen LogP contribution in [0, 0.1) is 6.92 Å². The molecule has 0 saturated carbocycles. The van der Waals surface area contributed by atoms with E-state index in [-0.39, 0.29) is 29.9 Å². The van der Waals surface area contributed by atoms with Crippen LogP contribution >= 0.6 is 24.0 Å². The van der Waals surface area contributed by atoms with Gasteiger partial charge in [-0.2, -0.15) is 0 Å². The predicted octanol–water partition coefficient (Wildman–Crippen LogP) is 2.89. The van der Waals surface area contributed by atoms with E-state index in [4.69, 9.17) is 4.74 Å². The molecular formula is C21H29IN4O2. The van der Waals surface area contributed by atoms with Crippen molar-refractivity contribution in [2.45, 2.75) is 19.9 Å². The topological polar surface area (TPSA) is 74.8 Å². The maximum absolute atomic E-state index is 11.7. The summed E-state index contributed by atoms with van der Waals surface area (Å²) in [4.78, 5) is 16.0. The smallest absolute Gasteiger partial charge is 0.251 e. The Kier molecular flexibility index (Phi) is 10.4. The van der Waals surface area contributed by atoms with E-state index in [2.05, 4.69) is 33.9 Å². The Hall–Kier alpha value is -2.29. The van der Waals surface area contributed by atoms with Gasteiger partial charge in [-0.15, -0.1) is 24.0 Å². The second kappa shape index (κ2) is 12.2. The van der Waals surface area contributed by atoms with Gasteiger partial charge in [-0.3, -0.25) is 9.79 Å². The van der Waals surface area contributed by atoms with E-state index in [1.54, 1.807) is 27.3 Å². The normalized spacial score (nSPS) is 10.6. The maximum atomic E-state index is 11.7. The van der Waals surface area contributed by atoms with E-state index in [0.29, 0.717) is 18.1 Å². The molecule has 2 aromatic carbocycles. The number of carbonyl (C=O) groups is 1. The van der Waals surface area contributed by atoms with Gasteiger partial charge in [0.05, 0.1) is 7.11 Å². The number of aryl methyl sites for hydroxylation is 1. The Bertz CT molecular complexity index is 809. The fourth-order valence-electron chi connectivity index (χ4n) is 2.79. The van der Waals surface area contributed by atoms with E-state index in [1.807, 2.05) is 30.3 Å². The lowest BCUT2D eigenvalue weighted by atomic mass is 10.1. The number of rotatable bonds is 7. The summed E-state index contributed by atoms with van der Waals surface area (Å²) >= 11 is 0. The number of guanidine groups is 1. The van der Waals surface area contributed by atoms with Gasteiger partial charge in [0, 0.05) is 32.7 Å². The summed E-state index contributed by atoms with van der Waals surface area (Å²) in [5.41, 5.74) is 4.04. The van der Waals surface area contributed by atoms with Crippen LogP contribution in [0.1, 0.15) is 27.0 Å². The van der Waals surface area contributed by atoms with Crippen molar-refractivity contribution in [1.82, 2.24) is 16.0 Å². The van der Waals surface area contributed by atoms with Crippen LogP contribution in [-0.2, 0) is 13.0 Å². The van der Waals surface area contributed by atoms with Crippen molar-refractivity contribution in [2.24, 2.45) is 4.99 Å². The number of carbonyl (C=O) groups excluding carboxylic acids is 1. The molecule has 28 heavy (non-hydrogen) atoms. The number of aliphatic imine (C=N–C) groups is 1. The number of nitrogens with zero attached hydrogens (tertiary/aromatic N) is 1. The molecule has 0 aliphatic rings. The number of hydrogen-bond acceptors (Lipinski definition) is 3. The first-order valence-electron chi connectivity index (χ1n) is 8.96. The number of ether oxygens (including phenoxy) is 1. The highest BCUT2D eigenvalue weighted by molar-refractivity contribution is 14.0. The standard InChI is InChI=1S/C21H28N4O2.HI/c1-15-8-9-19(27-4)17(12-15)10-11-24-21(23-3)25-14-16-6-5-7-18(13-16)20(26)22-2;/h5-9,12-13H,10-11,14H2,1-4H3,(H,22,26)(H2,23,24,25);1H. The SMILES string of the molecule is CN=C(NCCc1cc(C)ccc1OC)NCc1cccc(C(=O)NC)c1.I. The number of hydrogen-bond donors (Lipinski definition) is 3. The van der Waals surface area contributed by atoms with Crippen LogP contribution in [0.3, 0.4) is 0 Å². The molecule has 2 rings (SSSR count). The number of amides is 1. The summed E-state index contributed by atoms with van der Waals surface area (Å²) < 4.78 is 5.42. The van der Waals surface area contributed by atoms with Gasteiger partial charge >= 0.3 is 0 Å². The molecular weight excluding hydrogens is 467 g/mol. The van der Waals surface area contributed by atoms with Crippen LogP contribution in [0.15, 0.2) is 47.5 Å². The van der Waals surface area contributed by atoms with Gasteiger partial charge in [-0.1, -0.05) is 29.8 Å². The average Bonchev–Trinajstić information content (AvgIpc) is 2.70. The van der Waals surface area contributed by atoms with Crippen molar-refractivity contribution >= 4 is 35.8 Å². The molecule has 152 valence electrons. The highest BCUT2D eigenvalue weighted by atomic mass is 127. The molecule has 0 unspecified atom stereocenters. The molecule has 0 radical (unpaired) electrons. The van der Waals surface area contributed by atoms with E-state index in [1.165, 1.54) is 11.1 Å². The minimum absolute atomic E-state index is 0. The number of halogens is 1. The van der Waals surface area contributed by atoms with Crippen LogP contribution in [0.4, 0.5) is 0 Å². The van der Waals surface area contributed by atoms with Crippen molar-refractivity contribution in [3.63, 3.8) is 0 Å². The Balaban J connectivity index is 0.00000392. The summed E-state index contributed by atoms with van der Waals surface area (Å²) in [6.45, 7) is 3.39. The summed E-state index contributed by atoms with van der Waals surface area (Å²) in [5.74, 6) is 1.52. The second-order valence-electron chi connectivity index (χ2n) is 6.20. The lowest BCUT2D eigenvalue weighted by Crippen LogP contribution is -2.37. The van der Waals surface area contributed by atoms with Crippen molar-refractivity contribution < 1.29 is 9.53 Å². The van der Waals surface area contributed by atoms with Crippen LogP contribution in [0.2, 0.25) is 0 Å². The van der Waals surface area contributed by atoms with Gasteiger partial charge < -0.3 is 20.7 Å². The molecule has 0 spiro atoms. The maximum Gasteiger partial charge on any atom is 0.251 e. The van der Waals surface area contributed by atoms with Gasteiger partial charge in [0.2, 0.25) is 0 Å². The Morgan fingerprint density at radius 2 is 1.93 bits per heavy atom. The summed E-state index contributed by atoms with van der Waals surface area (Å²) in [7, 11) is 5.06. The summed E-state index contributed by atoms with van der Waals surface area (Å²) in [5, 5.41) is 9.22. The fourth-order valence-corrected chi connectivity index (χ4v) is 2.79. The van der Waals surface area contributed by atoms with Crippen molar-refractivity contribution in [2.75, 3.05) is 27.7 Å². The average molecular weight is 496 g/mol. The molecule has 1 amide bonds. The van der Waals surface area contributed by atoms with Crippen molar-refractivity contribution in [3.8, 4) is 5.75 Å². The largest absolute Gasteiger partial charge is 0.496 e. The predicted molar refractivity (Wildman–Crippen MR) is 125 cm³/mol. The van der Waals surface area contributed by atoms with Gasteiger partial charge in [-0.25, -0.2) is 0 Å². The van der Waals surface area contributed by atoms with Gasteiger partial charge in [-0.05, 0) is 42.7 Å². The van der Waals surface area contributed by atoms with Gasteiger partial charge in [0.25, 0.3) is 5.91 Å². The van der Waals surface area contributed by atoms with E-state index >= 15 is 0 Å². The molecule has 0 heterocycles. The van der Waals surface area contributed by atoms with Gasteiger partial charge in [0.15, 0.2) is 5.96 Å². The molecule has 0 bridgehead atoms. The summed E-state index contributed by atoms with van der Waals surface area (Å²) in [6.07, 6.45) is 0.831. The molecule has 0 aliphatic heterocycles. The third-order valence-electron chi connectivity index (χ3n) is 4.22. The van der Waals surface area contributed by atoms with Crippen molar-refractivity contribution in [3.05, 3.63) is 64.7 Å². The molecule has 0 saturated heterocycles. The van der Waals surface area contributed by atoms with Crippen LogP contribution in [0.25, 0.3) is 0 Å². The third kappa shape index (κ3) is 7.03. The minimum Gasteiger partial charge on any atom is -0.496 e.